The number of methoxy groups -OCH3 is 1. The van der Waals surface area contributed by atoms with Gasteiger partial charge in [0.15, 0.2) is 0 Å². The van der Waals surface area contributed by atoms with Gasteiger partial charge in [0.25, 0.3) is 0 Å². The normalized spacial score (nSPS) is 12.5. The van der Waals surface area contributed by atoms with Gasteiger partial charge in [-0.3, -0.25) is 0 Å². The van der Waals surface area contributed by atoms with Crippen molar-refractivity contribution >= 4 is 42.3 Å². The summed E-state index contributed by atoms with van der Waals surface area (Å²) in [6, 6.07) is 20.4. The molecule has 0 fully saturated rings. The summed E-state index contributed by atoms with van der Waals surface area (Å²) in [6.07, 6.45) is 4.44. The molecular weight excluding hydrogens is 609 g/mol. The molecule has 0 saturated carbocycles. The number of ether oxygens (including phenoxy) is 1. The van der Waals surface area contributed by atoms with Crippen LogP contribution in [-0.2, 0) is 4.74 Å². The van der Waals surface area contributed by atoms with Gasteiger partial charge in [-0.05, 0) is 0 Å². The van der Waals surface area contributed by atoms with Crippen molar-refractivity contribution < 1.29 is 4.74 Å². The number of allylic oxidation sites excluding steroid dienone is 1. The Balaban J connectivity index is 2.08. The minimum atomic E-state index is -2.23. The Morgan fingerprint density at radius 1 is 0.523 bits per heavy atom. The minimum absolute atomic E-state index is 0.407. The third kappa shape index (κ3) is 7.18. The van der Waals surface area contributed by atoms with Gasteiger partial charge in [-0.2, -0.15) is 0 Å². The maximum atomic E-state index is 5.73. The predicted octanol–water partition coefficient (Wildman–Crippen LogP) is 7.84. The van der Waals surface area contributed by atoms with Crippen molar-refractivity contribution in [2.75, 3.05) is 7.11 Å². The van der Waals surface area contributed by atoms with Gasteiger partial charge in [0.1, 0.15) is 0 Å². The van der Waals surface area contributed by atoms with Crippen LogP contribution in [0.3, 0.4) is 0 Å². The van der Waals surface area contributed by atoms with E-state index in [0.717, 1.165) is 6.04 Å². The molecule has 0 spiro atoms. The molecule has 0 N–H and O–H groups in total. The molecule has 0 saturated heterocycles. The summed E-state index contributed by atoms with van der Waals surface area (Å²) in [5, 5.41) is 3.19. The van der Waals surface area contributed by atoms with Crippen LogP contribution in [0.2, 0.25) is 10.8 Å². The Bertz CT molecular complexity index is 1510. The summed E-state index contributed by atoms with van der Waals surface area (Å²) in [5.41, 5.74) is 17.0. The van der Waals surface area contributed by atoms with Crippen molar-refractivity contribution in [3.05, 3.63) is 128 Å². The summed E-state index contributed by atoms with van der Waals surface area (Å²) in [6.45, 7) is 27.7. The average Bonchev–Trinajstić information content (AvgIpc) is 2.87. The van der Waals surface area contributed by atoms with Gasteiger partial charge in [-0.25, -0.2) is 0 Å². The molecule has 3 heteroatoms. The SMILES string of the molecule is CO/C=C/[CH](C[Si](c1c(C)cc(C)cc1C)c1c(C)cc(C)cc1C)[Ge]([c]1c(C)cc(C)cc1C)[c]1c(C)cc(C)cc1C. The zero-order valence-corrected chi connectivity index (χ0v) is 32.6. The Morgan fingerprint density at radius 3 is 1.11 bits per heavy atom. The molecule has 0 amide bonds. The predicted molar refractivity (Wildman–Crippen MR) is 197 cm³/mol. The first-order valence-electron chi connectivity index (χ1n) is 16.0. The van der Waals surface area contributed by atoms with Crippen LogP contribution < -0.4 is 19.2 Å². The third-order valence-electron chi connectivity index (χ3n) is 9.09. The van der Waals surface area contributed by atoms with Gasteiger partial charge in [-0.15, -0.1) is 0 Å². The number of aryl methyl sites for hydroxylation is 12. The van der Waals surface area contributed by atoms with E-state index in [1.165, 1.54) is 66.8 Å². The number of hydrogen-bond acceptors (Lipinski definition) is 1. The van der Waals surface area contributed by atoms with Crippen LogP contribution in [0.5, 0.6) is 0 Å². The first kappa shape index (κ1) is 34.1. The third-order valence-corrected chi connectivity index (χ3v) is 21.5. The second-order valence-electron chi connectivity index (χ2n) is 13.4. The van der Waals surface area contributed by atoms with Crippen molar-refractivity contribution in [3.8, 4) is 0 Å². The van der Waals surface area contributed by atoms with E-state index in [1.54, 1.807) is 26.3 Å². The molecule has 1 atom stereocenters. The fourth-order valence-electron chi connectivity index (χ4n) is 8.01. The second-order valence-corrected chi connectivity index (χ2v) is 21.1. The van der Waals surface area contributed by atoms with Gasteiger partial charge in [0.05, 0.1) is 0 Å². The van der Waals surface area contributed by atoms with Crippen molar-refractivity contribution in [2.45, 2.75) is 93.9 Å². The van der Waals surface area contributed by atoms with E-state index in [9.17, 15) is 0 Å². The van der Waals surface area contributed by atoms with E-state index in [0.29, 0.717) is 4.75 Å². The van der Waals surface area contributed by atoms with Crippen LogP contribution in [0, 0.1) is 83.1 Å². The molecule has 1 unspecified atom stereocenters. The molecule has 0 aromatic heterocycles. The van der Waals surface area contributed by atoms with Crippen LogP contribution in [0.25, 0.3) is 0 Å². The second kappa shape index (κ2) is 14.1. The maximum absolute atomic E-state index is 5.73. The standard InChI is InChI=1S/C41H52GeOSi/c1-25-16-29(5)38(30(6)17-25)42(39-31(7)18-26(2)19-32(39)8)37(14-15-43-13)24-44(40-33(9)20-27(3)21-34(40)10)41-35(11)22-28(4)23-36(41)12/h14-23,37H,24H2,1-13H3/b15-14+. The quantitative estimate of drug-likeness (QED) is 0.131. The molecule has 0 aliphatic carbocycles. The van der Waals surface area contributed by atoms with E-state index in [4.69, 9.17) is 4.74 Å². The van der Waals surface area contributed by atoms with Crippen LogP contribution in [-0.4, -0.2) is 30.3 Å². The number of benzene rings is 4. The first-order valence-corrected chi connectivity index (χ1v) is 21.0. The van der Waals surface area contributed by atoms with E-state index in [-0.39, 0.29) is 0 Å². The fraction of sp³-hybridized carbons (Fsp3) is 0.366. The Labute approximate surface area is 274 Å². The van der Waals surface area contributed by atoms with Gasteiger partial charge < -0.3 is 0 Å². The van der Waals surface area contributed by atoms with Crippen molar-refractivity contribution in [2.24, 2.45) is 0 Å². The summed E-state index contributed by atoms with van der Waals surface area (Å²) < 4.78 is 9.40. The molecular formula is C41H52GeOSi. The van der Waals surface area contributed by atoms with Crippen LogP contribution in [0.4, 0.5) is 0 Å². The molecule has 44 heavy (non-hydrogen) atoms. The van der Waals surface area contributed by atoms with Crippen molar-refractivity contribution in [3.63, 3.8) is 0 Å². The molecule has 0 heterocycles. The number of rotatable bonds is 9. The molecule has 4 rings (SSSR count). The van der Waals surface area contributed by atoms with Gasteiger partial charge >= 0.3 is 276 Å². The molecule has 4 aromatic carbocycles. The van der Waals surface area contributed by atoms with E-state index < -0.39 is 23.1 Å². The Kier molecular flexibility index (Phi) is 10.9. The summed E-state index contributed by atoms with van der Waals surface area (Å²) in [5.74, 6) is 0. The molecule has 230 valence electrons. The molecule has 0 aliphatic heterocycles. The van der Waals surface area contributed by atoms with Gasteiger partial charge in [0, 0.05) is 0 Å². The Morgan fingerprint density at radius 2 is 0.818 bits per heavy atom. The number of hydrogen-bond donors (Lipinski definition) is 0. The summed E-state index contributed by atoms with van der Waals surface area (Å²) >= 11 is -2.23. The molecule has 2 radical (unpaired) electrons. The zero-order chi connectivity index (χ0) is 32.5. The van der Waals surface area contributed by atoms with E-state index >= 15 is 0 Å². The molecule has 0 aliphatic rings. The monoisotopic (exact) mass is 662 g/mol. The van der Waals surface area contributed by atoms with Crippen LogP contribution >= 0.6 is 0 Å². The van der Waals surface area contributed by atoms with E-state index in [2.05, 4.69) is 138 Å². The average molecular weight is 662 g/mol. The van der Waals surface area contributed by atoms with Gasteiger partial charge in [0.2, 0.25) is 0 Å². The van der Waals surface area contributed by atoms with Gasteiger partial charge in [-0.1, -0.05) is 0 Å². The van der Waals surface area contributed by atoms with Crippen LogP contribution in [0.15, 0.2) is 60.9 Å². The van der Waals surface area contributed by atoms with Crippen LogP contribution in [0.1, 0.15) is 66.8 Å². The molecule has 1 nitrogen and oxygen atoms in total. The topological polar surface area (TPSA) is 9.23 Å². The molecule has 0 bridgehead atoms. The summed E-state index contributed by atoms with van der Waals surface area (Å²) in [7, 11) is 0.626. The van der Waals surface area contributed by atoms with Crippen molar-refractivity contribution in [1.82, 2.24) is 0 Å². The zero-order valence-electron chi connectivity index (χ0n) is 29.5. The Hall–Kier alpha value is -2.82. The fourth-order valence-corrected chi connectivity index (χ4v) is 21.0. The first-order chi connectivity index (χ1) is 20.7. The van der Waals surface area contributed by atoms with Crippen molar-refractivity contribution in [1.29, 1.82) is 0 Å². The van der Waals surface area contributed by atoms with E-state index in [1.807, 2.05) is 6.26 Å². The summed E-state index contributed by atoms with van der Waals surface area (Å²) in [4.78, 5) is 0. The molecule has 4 aromatic rings.